The van der Waals surface area contributed by atoms with Crippen LogP contribution in [0.5, 0.6) is 5.75 Å². The van der Waals surface area contributed by atoms with Gasteiger partial charge in [-0.2, -0.15) is 0 Å². The number of rotatable bonds is 5. The Morgan fingerprint density at radius 2 is 1.84 bits per heavy atom. The van der Waals surface area contributed by atoms with Gasteiger partial charge in [0.05, 0.1) is 6.61 Å². The third kappa shape index (κ3) is 4.93. The molecule has 0 heterocycles. The van der Waals surface area contributed by atoms with Crippen molar-refractivity contribution in [2.75, 3.05) is 20.7 Å². The average Bonchev–Trinajstić information content (AvgIpc) is 2.33. The van der Waals surface area contributed by atoms with Crippen molar-refractivity contribution in [2.45, 2.75) is 39.0 Å². The van der Waals surface area contributed by atoms with Gasteiger partial charge >= 0.3 is 0 Å². The lowest BCUT2D eigenvalue weighted by atomic mass is 9.86. The number of amides is 1. The molecule has 1 aromatic carbocycles. The van der Waals surface area contributed by atoms with Crippen molar-refractivity contribution in [2.24, 2.45) is 0 Å². The van der Waals surface area contributed by atoms with E-state index < -0.39 is 0 Å². The zero-order valence-electron chi connectivity index (χ0n) is 12.7. The van der Waals surface area contributed by atoms with Crippen LogP contribution < -0.4 is 4.74 Å². The zero-order chi connectivity index (χ0) is 14.5. The van der Waals surface area contributed by atoms with E-state index >= 15 is 0 Å². The Hall–Kier alpha value is -1.51. The number of nitrogens with zero attached hydrogens (tertiary/aromatic N) is 1. The highest BCUT2D eigenvalue weighted by atomic mass is 16.5. The van der Waals surface area contributed by atoms with Crippen LogP contribution in [0.3, 0.4) is 0 Å². The fourth-order valence-electron chi connectivity index (χ4n) is 1.84. The summed E-state index contributed by atoms with van der Waals surface area (Å²) >= 11 is 0. The third-order valence-corrected chi connectivity index (χ3v) is 2.99. The van der Waals surface area contributed by atoms with Crippen molar-refractivity contribution in [3.05, 3.63) is 29.8 Å². The topological polar surface area (TPSA) is 29.5 Å². The lowest BCUT2D eigenvalue weighted by Gasteiger charge is -2.22. The van der Waals surface area contributed by atoms with E-state index in [9.17, 15) is 4.79 Å². The second-order valence-corrected chi connectivity index (χ2v) is 5.99. The van der Waals surface area contributed by atoms with Gasteiger partial charge in [0.15, 0.2) is 0 Å². The Labute approximate surface area is 116 Å². The summed E-state index contributed by atoms with van der Waals surface area (Å²) in [6.45, 7) is 7.09. The summed E-state index contributed by atoms with van der Waals surface area (Å²) in [5.41, 5.74) is 1.27. The first-order chi connectivity index (χ1) is 8.82. The van der Waals surface area contributed by atoms with E-state index in [0.29, 0.717) is 13.0 Å². The van der Waals surface area contributed by atoms with Crippen LogP contribution in [0.4, 0.5) is 0 Å². The number of hydrogen-bond acceptors (Lipinski definition) is 2. The Kier molecular flexibility index (Phi) is 5.40. The van der Waals surface area contributed by atoms with Crippen molar-refractivity contribution >= 4 is 5.91 Å². The van der Waals surface area contributed by atoms with Gasteiger partial charge in [0.2, 0.25) is 5.91 Å². The highest BCUT2D eigenvalue weighted by molar-refractivity contribution is 5.75. The molecule has 0 N–H and O–H groups in total. The smallest absolute Gasteiger partial charge is 0.222 e. The SMILES string of the molecule is CN(C)C(=O)CCCOc1ccccc1C(C)(C)C. The second kappa shape index (κ2) is 6.60. The fourth-order valence-corrected chi connectivity index (χ4v) is 1.84. The molecule has 0 fully saturated rings. The molecule has 1 rings (SSSR count). The average molecular weight is 263 g/mol. The molecule has 0 unspecified atom stereocenters. The van der Waals surface area contributed by atoms with Gasteiger partial charge in [0.1, 0.15) is 5.75 Å². The van der Waals surface area contributed by atoms with Crippen LogP contribution in [0, 0.1) is 0 Å². The number of benzene rings is 1. The van der Waals surface area contributed by atoms with Gasteiger partial charge in [-0.15, -0.1) is 0 Å². The van der Waals surface area contributed by atoms with Crippen molar-refractivity contribution < 1.29 is 9.53 Å². The van der Waals surface area contributed by atoms with Crippen LogP contribution in [-0.4, -0.2) is 31.5 Å². The molecule has 1 amide bonds. The molecule has 19 heavy (non-hydrogen) atoms. The number of carbonyl (C=O) groups is 1. The van der Waals surface area contributed by atoms with E-state index in [2.05, 4.69) is 26.8 Å². The maximum absolute atomic E-state index is 11.5. The van der Waals surface area contributed by atoms with Crippen LogP contribution >= 0.6 is 0 Å². The largest absolute Gasteiger partial charge is 0.493 e. The predicted molar refractivity (Wildman–Crippen MR) is 78.6 cm³/mol. The summed E-state index contributed by atoms with van der Waals surface area (Å²) in [6, 6.07) is 8.10. The van der Waals surface area contributed by atoms with Crippen molar-refractivity contribution in [3.8, 4) is 5.75 Å². The van der Waals surface area contributed by atoms with Gasteiger partial charge in [-0.3, -0.25) is 4.79 Å². The van der Waals surface area contributed by atoms with Gasteiger partial charge < -0.3 is 9.64 Å². The highest BCUT2D eigenvalue weighted by Crippen LogP contribution is 2.30. The van der Waals surface area contributed by atoms with Gasteiger partial charge in [0.25, 0.3) is 0 Å². The number of hydrogen-bond donors (Lipinski definition) is 0. The normalized spacial score (nSPS) is 11.2. The number of carbonyl (C=O) groups excluding carboxylic acids is 1. The summed E-state index contributed by atoms with van der Waals surface area (Å²) in [4.78, 5) is 13.1. The molecule has 0 aliphatic heterocycles. The van der Waals surface area contributed by atoms with Crippen molar-refractivity contribution in [3.63, 3.8) is 0 Å². The molecule has 3 heteroatoms. The Bertz CT molecular complexity index is 419. The third-order valence-electron chi connectivity index (χ3n) is 2.99. The van der Waals surface area contributed by atoms with E-state index in [-0.39, 0.29) is 11.3 Å². The molecule has 0 spiro atoms. The summed E-state index contributed by atoms with van der Waals surface area (Å²) in [7, 11) is 3.55. The van der Waals surface area contributed by atoms with Crippen molar-refractivity contribution in [1.29, 1.82) is 0 Å². The summed E-state index contributed by atoms with van der Waals surface area (Å²) in [6.07, 6.45) is 1.28. The first-order valence-electron chi connectivity index (χ1n) is 6.75. The lowest BCUT2D eigenvalue weighted by Crippen LogP contribution is -2.22. The van der Waals surface area contributed by atoms with Crippen LogP contribution in [0.15, 0.2) is 24.3 Å². The maximum Gasteiger partial charge on any atom is 0.222 e. The predicted octanol–water partition coefficient (Wildman–Crippen LogP) is 3.23. The second-order valence-electron chi connectivity index (χ2n) is 5.99. The molecule has 106 valence electrons. The zero-order valence-corrected chi connectivity index (χ0v) is 12.7. The van der Waals surface area contributed by atoms with Crippen LogP contribution in [0.1, 0.15) is 39.2 Å². The number of ether oxygens (including phenoxy) is 1. The van der Waals surface area contributed by atoms with Crippen LogP contribution in [0.2, 0.25) is 0 Å². The molecule has 0 saturated carbocycles. The van der Waals surface area contributed by atoms with Crippen molar-refractivity contribution in [1.82, 2.24) is 4.90 Å². The first kappa shape index (κ1) is 15.5. The highest BCUT2D eigenvalue weighted by Gasteiger charge is 2.18. The monoisotopic (exact) mass is 263 g/mol. The summed E-state index contributed by atoms with van der Waals surface area (Å²) in [5.74, 6) is 1.07. The van der Waals surface area contributed by atoms with E-state index in [1.165, 1.54) is 5.56 Å². The van der Waals surface area contributed by atoms with Gasteiger partial charge in [-0.25, -0.2) is 0 Å². The molecule has 1 aromatic rings. The molecule has 0 saturated heterocycles. The molecular weight excluding hydrogens is 238 g/mol. The van der Waals surface area contributed by atoms with Gasteiger partial charge in [0, 0.05) is 20.5 Å². The molecule has 0 atom stereocenters. The quantitative estimate of drug-likeness (QED) is 0.763. The minimum Gasteiger partial charge on any atom is -0.493 e. The van der Waals surface area contributed by atoms with Crippen LogP contribution in [0.25, 0.3) is 0 Å². The minimum absolute atomic E-state index is 0.0655. The molecule has 0 radical (unpaired) electrons. The molecule has 0 aliphatic carbocycles. The van der Waals surface area contributed by atoms with Gasteiger partial charge in [-0.1, -0.05) is 39.0 Å². The fraction of sp³-hybridized carbons (Fsp3) is 0.562. The van der Waals surface area contributed by atoms with E-state index in [1.54, 1.807) is 19.0 Å². The molecule has 0 aromatic heterocycles. The molecule has 3 nitrogen and oxygen atoms in total. The van der Waals surface area contributed by atoms with E-state index in [1.807, 2.05) is 18.2 Å². The Morgan fingerprint density at radius 3 is 2.42 bits per heavy atom. The Morgan fingerprint density at radius 1 is 1.21 bits per heavy atom. The van der Waals surface area contributed by atoms with Gasteiger partial charge in [-0.05, 0) is 23.5 Å². The lowest BCUT2D eigenvalue weighted by molar-refractivity contribution is -0.128. The van der Waals surface area contributed by atoms with Crippen LogP contribution in [-0.2, 0) is 10.2 Å². The molecule has 0 bridgehead atoms. The van der Waals surface area contributed by atoms with E-state index in [0.717, 1.165) is 12.2 Å². The van der Waals surface area contributed by atoms with E-state index in [4.69, 9.17) is 4.74 Å². The Balaban J connectivity index is 2.53. The minimum atomic E-state index is 0.0655. The maximum atomic E-state index is 11.5. The number of para-hydroxylation sites is 1. The summed E-state index contributed by atoms with van der Waals surface area (Å²) in [5, 5.41) is 0. The molecular formula is C16H25NO2. The summed E-state index contributed by atoms with van der Waals surface area (Å²) < 4.78 is 5.82. The molecule has 0 aliphatic rings. The standard InChI is InChI=1S/C16H25NO2/c1-16(2,3)13-9-6-7-10-14(13)19-12-8-11-15(18)17(4)5/h6-7,9-10H,8,11-12H2,1-5H3. The first-order valence-corrected chi connectivity index (χ1v) is 6.75.